The molecule has 0 aliphatic carbocycles. The van der Waals surface area contributed by atoms with Gasteiger partial charge in [0.1, 0.15) is 17.1 Å². The van der Waals surface area contributed by atoms with E-state index in [0.29, 0.717) is 18.0 Å². The van der Waals surface area contributed by atoms with Crippen LogP contribution in [0, 0.1) is 12.3 Å². The summed E-state index contributed by atoms with van der Waals surface area (Å²) in [4.78, 5) is 51.0. The number of H-pyrrole nitrogens is 1. The number of aryl methyl sites for hydroxylation is 1. The lowest BCUT2D eigenvalue weighted by Crippen LogP contribution is -2.40. The van der Waals surface area contributed by atoms with E-state index < -0.39 is 18.8 Å². The molecule has 0 saturated heterocycles. The van der Waals surface area contributed by atoms with E-state index in [4.69, 9.17) is 20.9 Å². The van der Waals surface area contributed by atoms with Gasteiger partial charge in [-0.15, -0.1) is 6.42 Å². The van der Waals surface area contributed by atoms with Gasteiger partial charge in [-0.1, -0.05) is 24.1 Å². The zero-order valence-corrected chi connectivity index (χ0v) is 18.3. The lowest BCUT2D eigenvalue weighted by Gasteiger charge is -2.10. The van der Waals surface area contributed by atoms with Gasteiger partial charge in [0.05, 0.1) is 13.7 Å². The Kier molecular flexibility index (Phi) is 7.15. The normalized spacial score (nSPS) is 11.8. The highest BCUT2D eigenvalue weighted by atomic mass is 31.2. The van der Waals surface area contributed by atoms with Crippen LogP contribution in [0.2, 0.25) is 0 Å². The third-order valence-corrected chi connectivity index (χ3v) is 5.64. The molecule has 1 aromatic carbocycles. The molecule has 3 rings (SSSR count). The van der Waals surface area contributed by atoms with Gasteiger partial charge in [-0.3, -0.25) is 13.9 Å². The summed E-state index contributed by atoms with van der Waals surface area (Å²) in [6.45, 7) is -0.0752. The van der Waals surface area contributed by atoms with Crippen LogP contribution in [0.25, 0.3) is 23.3 Å². The van der Waals surface area contributed by atoms with Gasteiger partial charge in [0.15, 0.2) is 5.65 Å². The standard InChI is InChI=1S/C21H23N4O6P/c1-3-11-25-20(26)18-19(24(21(25)27)12-4-5-13-32(28,29)30)23-17(22-18)10-9-15-7-6-8-16(14-15)31-2/h1,6-10,14H,4-5,11-13H2,2H3,(H,22,23)(H2,28,29,30). The largest absolute Gasteiger partial charge is 0.497 e. The molecule has 32 heavy (non-hydrogen) atoms. The van der Waals surface area contributed by atoms with Gasteiger partial charge in [0.2, 0.25) is 0 Å². The van der Waals surface area contributed by atoms with E-state index >= 15 is 0 Å². The molecule has 2 heterocycles. The minimum absolute atomic E-state index is 0.125. The number of benzene rings is 1. The number of hydrogen-bond acceptors (Lipinski definition) is 5. The summed E-state index contributed by atoms with van der Waals surface area (Å²) in [5.41, 5.74) is -0.0614. The van der Waals surface area contributed by atoms with E-state index in [2.05, 4.69) is 15.9 Å². The van der Waals surface area contributed by atoms with Crippen molar-refractivity contribution in [3.63, 3.8) is 0 Å². The number of hydrogen-bond donors (Lipinski definition) is 3. The van der Waals surface area contributed by atoms with Crippen molar-refractivity contribution in [1.29, 1.82) is 0 Å². The fourth-order valence-electron chi connectivity index (χ4n) is 3.20. The first-order chi connectivity index (χ1) is 15.2. The van der Waals surface area contributed by atoms with Gasteiger partial charge in [-0.05, 0) is 36.6 Å². The topological polar surface area (TPSA) is 139 Å². The van der Waals surface area contributed by atoms with Crippen LogP contribution in [0.15, 0.2) is 33.9 Å². The summed E-state index contributed by atoms with van der Waals surface area (Å²) in [7, 11) is -2.55. The first-order valence-corrected chi connectivity index (χ1v) is 11.6. The number of ether oxygens (including phenoxy) is 1. The van der Waals surface area contributed by atoms with E-state index in [9.17, 15) is 14.2 Å². The van der Waals surface area contributed by atoms with E-state index in [-0.39, 0.29) is 36.8 Å². The summed E-state index contributed by atoms with van der Waals surface area (Å²) >= 11 is 0. The molecule has 10 nitrogen and oxygen atoms in total. The SMILES string of the molecule is C#CCn1c(=O)c2[nH]c(C=Cc3cccc(OC)c3)nc2n(CCCCP(=O)(O)O)c1=O. The molecule has 0 aliphatic rings. The molecule has 0 bridgehead atoms. The molecular formula is C21H23N4O6P. The molecular weight excluding hydrogens is 435 g/mol. The summed E-state index contributed by atoms with van der Waals surface area (Å²) in [6.07, 6.45) is 9.00. The average Bonchev–Trinajstić information content (AvgIpc) is 3.18. The second-order valence-corrected chi connectivity index (χ2v) is 8.83. The Morgan fingerprint density at radius 2 is 2.03 bits per heavy atom. The number of nitrogens with zero attached hydrogens (tertiary/aromatic N) is 3. The van der Waals surface area contributed by atoms with Crippen LogP contribution in [0.3, 0.4) is 0 Å². The van der Waals surface area contributed by atoms with Crippen molar-refractivity contribution in [2.24, 2.45) is 0 Å². The molecule has 3 aromatic rings. The van der Waals surface area contributed by atoms with Crippen molar-refractivity contribution in [3.05, 3.63) is 56.5 Å². The third-order valence-electron chi connectivity index (χ3n) is 4.74. The number of aromatic amines is 1. The highest BCUT2D eigenvalue weighted by Gasteiger charge is 2.17. The lowest BCUT2D eigenvalue weighted by atomic mass is 10.2. The van der Waals surface area contributed by atoms with Crippen LogP contribution in [0.1, 0.15) is 24.2 Å². The zero-order chi connectivity index (χ0) is 23.3. The van der Waals surface area contributed by atoms with Crippen LogP contribution in [-0.4, -0.2) is 42.2 Å². The van der Waals surface area contributed by atoms with Crippen molar-refractivity contribution in [2.75, 3.05) is 13.3 Å². The van der Waals surface area contributed by atoms with Crippen molar-refractivity contribution in [1.82, 2.24) is 19.1 Å². The van der Waals surface area contributed by atoms with Gasteiger partial charge < -0.3 is 19.5 Å². The molecule has 3 N–H and O–H groups in total. The maximum absolute atomic E-state index is 12.8. The summed E-state index contributed by atoms with van der Waals surface area (Å²) in [5, 5.41) is 0. The van der Waals surface area contributed by atoms with E-state index in [1.807, 2.05) is 24.3 Å². The summed E-state index contributed by atoms with van der Waals surface area (Å²) < 4.78 is 18.5. The number of rotatable bonds is 9. The summed E-state index contributed by atoms with van der Waals surface area (Å²) in [5.74, 6) is 3.35. The molecule has 0 amide bonds. The average molecular weight is 458 g/mol. The number of nitrogens with one attached hydrogen (secondary N) is 1. The van der Waals surface area contributed by atoms with Crippen molar-refractivity contribution < 1.29 is 19.1 Å². The molecule has 11 heteroatoms. The van der Waals surface area contributed by atoms with Gasteiger partial charge in [-0.25, -0.2) is 14.3 Å². The Balaban J connectivity index is 1.99. The molecule has 0 spiro atoms. The van der Waals surface area contributed by atoms with Crippen LogP contribution < -0.4 is 16.0 Å². The predicted octanol–water partition coefficient (Wildman–Crippen LogP) is 1.66. The first-order valence-electron chi connectivity index (χ1n) is 9.77. The predicted molar refractivity (Wildman–Crippen MR) is 122 cm³/mol. The monoisotopic (exact) mass is 458 g/mol. The van der Waals surface area contributed by atoms with Gasteiger partial charge >= 0.3 is 13.3 Å². The minimum Gasteiger partial charge on any atom is -0.497 e. The van der Waals surface area contributed by atoms with Crippen molar-refractivity contribution >= 4 is 30.9 Å². The van der Waals surface area contributed by atoms with E-state index in [1.54, 1.807) is 19.3 Å². The molecule has 0 fully saturated rings. The number of fused-ring (bicyclic) bond motifs is 1. The van der Waals surface area contributed by atoms with Crippen molar-refractivity contribution in [3.8, 4) is 18.1 Å². The molecule has 0 radical (unpaired) electrons. The van der Waals surface area contributed by atoms with Crippen LogP contribution in [0.4, 0.5) is 0 Å². The number of unbranched alkanes of at least 4 members (excludes halogenated alkanes) is 1. The molecule has 2 aromatic heterocycles. The van der Waals surface area contributed by atoms with E-state index in [1.165, 1.54) is 4.57 Å². The molecule has 168 valence electrons. The number of aromatic nitrogens is 4. The maximum atomic E-state index is 12.8. The number of imidazole rings is 1. The zero-order valence-electron chi connectivity index (χ0n) is 17.4. The Hall–Kier alpha value is -3.38. The molecule has 0 aliphatic heterocycles. The quantitative estimate of drug-likeness (QED) is 0.252. The Morgan fingerprint density at radius 3 is 2.72 bits per heavy atom. The van der Waals surface area contributed by atoms with Gasteiger partial charge in [-0.2, -0.15) is 0 Å². The Morgan fingerprint density at radius 1 is 1.25 bits per heavy atom. The van der Waals surface area contributed by atoms with Gasteiger partial charge in [0.25, 0.3) is 5.56 Å². The summed E-state index contributed by atoms with van der Waals surface area (Å²) in [6, 6.07) is 7.36. The number of methoxy groups -OCH3 is 1. The highest BCUT2D eigenvalue weighted by molar-refractivity contribution is 7.51. The first kappa shape index (κ1) is 23.3. The highest BCUT2D eigenvalue weighted by Crippen LogP contribution is 2.35. The third kappa shape index (κ3) is 5.45. The van der Waals surface area contributed by atoms with E-state index in [0.717, 1.165) is 10.1 Å². The maximum Gasteiger partial charge on any atom is 0.333 e. The fourth-order valence-corrected chi connectivity index (χ4v) is 3.84. The minimum atomic E-state index is -4.12. The Labute approximate surface area is 183 Å². The second-order valence-electron chi connectivity index (χ2n) is 7.06. The lowest BCUT2D eigenvalue weighted by molar-refractivity contribution is 0.370. The molecule has 0 saturated carbocycles. The Bertz CT molecular complexity index is 1360. The van der Waals surface area contributed by atoms with Gasteiger partial charge in [0, 0.05) is 12.7 Å². The smallest absolute Gasteiger partial charge is 0.333 e. The van der Waals surface area contributed by atoms with Crippen LogP contribution in [0.5, 0.6) is 5.75 Å². The second kappa shape index (κ2) is 9.83. The van der Waals surface area contributed by atoms with Crippen molar-refractivity contribution in [2.45, 2.75) is 25.9 Å². The van der Waals surface area contributed by atoms with Crippen LogP contribution in [-0.2, 0) is 17.7 Å². The van der Waals surface area contributed by atoms with Crippen LogP contribution >= 0.6 is 7.60 Å². The molecule has 0 atom stereocenters. The molecule has 0 unspecified atom stereocenters. The fraction of sp³-hybridized carbons (Fsp3) is 0.286. The number of terminal acetylenes is 1.